The maximum Gasteiger partial charge on any atom is 0.390 e. The van der Waals surface area contributed by atoms with E-state index in [0.717, 1.165) is 0 Å². The molecule has 0 saturated carbocycles. The lowest BCUT2D eigenvalue weighted by molar-refractivity contribution is -0.139. The van der Waals surface area contributed by atoms with E-state index >= 15 is 0 Å². The quantitative estimate of drug-likeness (QED) is 0.553. The number of halogens is 4. The Hall–Kier alpha value is -0.460. The van der Waals surface area contributed by atoms with E-state index in [-0.39, 0.29) is 9.90 Å². The molecule has 122 valence electrons. The largest absolute Gasteiger partial charge is 0.390 e. The Bertz CT molecular complexity index is 419. The van der Waals surface area contributed by atoms with Crippen LogP contribution in [0.1, 0.15) is 52.6 Å². The fraction of sp³-hybridized carbons (Fsp3) is 0.643. The summed E-state index contributed by atoms with van der Waals surface area (Å²) in [7, 11) is 0. The zero-order valence-electron chi connectivity index (χ0n) is 12.9. The lowest BCUT2D eigenvalue weighted by Gasteiger charge is -2.25. The maximum absolute atomic E-state index is 12.6. The fourth-order valence-corrected chi connectivity index (χ4v) is 2.24. The molecule has 0 amide bonds. The molecule has 0 aliphatic heterocycles. The SMILES string of the molecule is CC.CC(C)(C)SNC(CC(F)(F)F)c1ccnc(Cl)c1. The van der Waals surface area contributed by atoms with Gasteiger partial charge in [0.1, 0.15) is 5.15 Å². The smallest absolute Gasteiger partial charge is 0.256 e. The molecule has 0 aromatic carbocycles. The van der Waals surface area contributed by atoms with Gasteiger partial charge < -0.3 is 0 Å². The topological polar surface area (TPSA) is 24.9 Å². The predicted octanol–water partition coefficient (Wildman–Crippen LogP) is 5.79. The van der Waals surface area contributed by atoms with E-state index in [1.54, 1.807) is 6.07 Å². The van der Waals surface area contributed by atoms with Crippen LogP contribution >= 0.6 is 23.5 Å². The first kappa shape index (κ1) is 20.5. The summed E-state index contributed by atoms with van der Waals surface area (Å²) in [5.41, 5.74) is 0.481. The highest BCUT2D eigenvalue weighted by Gasteiger charge is 2.33. The highest BCUT2D eigenvalue weighted by Crippen LogP contribution is 2.33. The number of nitrogens with zero attached hydrogens (tertiary/aromatic N) is 1. The highest BCUT2D eigenvalue weighted by molar-refractivity contribution is 7.98. The molecular formula is C14H22ClF3N2S. The van der Waals surface area contributed by atoms with Crippen LogP contribution in [0.25, 0.3) is 0 Å². The Kier molecular flexibility index (Phi) is 8.66. The third-order valence-electron chi connectivity index (χ3n) is 2.10. The first-order valence-electron chi connectivity index (χ1n) is 6.68. The second-order valence-electron chi connectivity index (χ2n) is 5.12. The minimum absolute atomic E-state index is 0.180. The lowest BCUT2D eigenvalue weighted by atomic mass is 10.1. The van der Waals surface area contributed by atoms with Crippen LogP contribution in [0.5, 0.6) is 0 Å². The van der Waals surface area contributed by atoms with E-state index in [0.29, 0.717) is 5.56 Å². The Morgan fingerprint density at radius 1 is 1.29 bits per heavy atom. The summed E-state index contributed by atoms with van der Waals surface area (Å²) >= 11 is 6.99. The predicted molar refractivity (Wildman–Crippen MR) is 84.5 cm³/mol. The summed E-state index contributed by atoms with van der Waals surface area (Å²) in [5.74, 6) is 0. The summed E-state index contributed by atoms with van der Waals surface area (Å²) in [4.78, 5) is 3.78. The van der Waals surface area contributed by atoms with Crippen LogP contribution in [0.2, 0.25) is 5.15 Å². The molecule has 7 heteroatoms. The van der Waals surface area contributed by atoms with Crippen LogP contribution in [0.3, 0.4) is 0 Å². The zero-order chi connectivity index (χ0) is 16.7. The molecule has 1 aromatic heterocycles. The summed E-state index contributed by atoms with van der Waals surface area (Å²) in [6.45, 7) is 9.78. The van der Waals surface area contributed by atoms with Gasteiger partial charge in [0.25, 0.3) is 0 Å². The summed E-state index contributed by atoms with van der Waals surface area (Å²) in [6, 6.07) is 2.15. The molecule has 0 aliphatic rings. The molecule has 0 bridgehead atoms. The van der Waals surface area contributed by atoms with Gasteiger partial charge in [0.2, 0.25) is 0 Å². The second-order valence-corrected chi connectivity index (χ2v) is 7.17. The number of aromatic nitrogens is 1. The first-order chi connectivity index (χ1) is 9.57. The van der Waals surface area contributed by atoms with Crippen LogP contribution in [-0.2, 0) is 0 Å². The number of pyridine rings is 1. The molecule has 1 unspecified atom stereocenters. The van der Waals surface area contributed by atoms with Crippen LogP contribution < -0.4 is 4.72 Å². The van der Waals surface area contributed by atoms with Gasteiger partial charge in [-0.3, -0.25) is 4.72 Å². The van der Waals surface area contributed by atoms with Crippen molar-refractivity contribution in [3.05, 3.63) is 29.0 Å². The average Bonchev–Trinajstić information content (AvgIpc) is 2.34. The third kappa shape index (κ3) is 9.98. The van der Waals surface area contributed by atoms with E-state index in [2.05, 4.69) is 9.71 Å². The van der Waals surface area contributed by atoms with Crippen LogP contribution in [-0.4, -0.2) is 15.9 Å². The van der Waals surface area contributed by atoms with Crippen molar-refractivity contribution >= 4 is 23.5 Å². The third-order valence-corrected chi connectivity index (χ3v) is 3.32. The maximum atomic E-state index is 12.6. The van der Waals surface area contributed by atoms with Crippen molar-refractivity contribution in [3.63, 3.8) is 0 Å². The van der Waals surface area contributed by atoms with Crippen LogP contribution in [0, 0.1) is 0 Å². The normalized spacial score (nSPS) is 13.4. The van der Waals surface area contributed by atoms with Gasteiger partial charge in [0.05, 0.1) is 12.5 Å². The van der Waals surface area contributed by atoms with Gasteiger partial charge in [-0.15, -0.1) is 0 Å². The van der Waals surface area contributed by atoms with E-state index in [4.69, 9.17) is 11.6 Å². The summed E-state index contributed by atoms with van der Waals surface area (Å²) in [6.07, 6.45) is -3.78. The number of rotatable bonds is 4. The van der Waals surface area contributed by atoms with Gasteiger partial charge in [-0.2, -0.15) is 13.2 Å². The van der Waals surface area contributed by atoms with Crippen molar-refractivity contribution in [3.8, 4) is 0 Å². The molecule has 1 heterocycles. The van der Waals surface area contributed by atoms with Crippen molar-refractivity contribution in [2.45, 2.75) is 58.0 Å². The number of alkyl halides is 3. The second kappa shape index (κ2) is 8.86. The summed E-state index contributed by atoms with van der Waals surface area (Å²) in [5, 5.41) is 0.187. The standard InChI is InChI=1S/C12H16ClF3N2S.C2H6/c1-11(2,3)19-18-9(7-12(14,15)16)8-4-5-17-10(13)6-8;1-2/h4-6,9,18H,7H2,1-3H3;1-2H3. The summed E-state index contributed by atoms with van der Waals surface area (Å²) < 4.78 is 40.5. The molecule has 0 aliphatic carbocycles. The molecule has 0 fully saturated rings. The molecule has 0 spiro atoms. The molecule has 1 N–H and O–H groups in total. The molecule has 1 atom stereocenters. The van der Waals surface area contributed by atoms with Crippen LogP contribution in [0.4, 0.5) is 13.2 Å². The van der Waals surface area contributed by atoms with Crippen molar-refractivity contribution in [1.82, 2.24) is 9.71 Å². The van der Waals surface area contributed by atoms with E-state index in [1.807, 2.05) is 34.6 Å². The minimum Gasteiger partial charge on any atom is -0.256 e. The van der Waals surface area contributed by atoms with Gasteiger partial charge in [-0.1, -0.05) is 37.4 Å². The Labute approximate surface area is 134 Å². The molecular weight excluding hydrogens is 321 g/mol. The monoisotopic (exact) mass is 342 g/mol. The highest BCUT2D eigenvalue weighted by atomic mass is 35.5. The molecule has 0 saturated heterocycles. The Morgan fingerprint density at radius 3 is 2.29 bits per heavy atom. The van der Waals surface area contributed by atoms with E-state index < -0.39 is 18.6 Å². The van der Waals surface area contributed by atoms with Crippen molar-refractivity contribution in [1.29, 1.82) is 0 Å². The Morgan fingerprint density at radius 2 is 1.86 bits per heavy atom. The van der Waals surface area contributed by atoms with Gasteiger partial charge in [0, 0.05) is 10.9 Å². The Balaban J connectivity index is 0.00000191. The number of hydrogen-bond donors (Lipinski definition) is 1. The van der Waals surface area contributed by atoms with E-state index in [9.17, 15) is 13.2 Å². The zero-order valence-corrected chi connectivity index (χ0v) is 14.5. The first-order valence-corrected chi connectivity index (χ1v) is 7.88. The molecule has 21 heavy (non-hydrogen) atoms. The van der Waals surface area contributed by atoms with Gasteiger partial charge in [0.15, 0.2) is 0 Å². The fourth-order valence-electron chi connectivity index (χ4n) is 1.34. The van der Waals surface area contributed by atoms with Crippen molar-refractivity contribution in [2.24, 2.45) is 0 Å². The molecule has 0 radical (unpaired) electrons. The molecule has 1 rings (SSSR count). The number of nitrogens with one attached hydrogen (secondary N) is 1. The number of hydrogen-bond acceptors (Lipinski definition) is 3. The molecule has 2 nitrogen and oxygen atoms in total. The molecule has 1 aromatic rings. The minimum atomic E-state index is -4.24. The van der Waals surface area contributed by atoms with Crippen LogP contribution in [0.15, 0.2) is 18.3 Å². The van der Waals surface area contributed by atoms with E-state index in [1.165, 1.54) is 24.2 Å². The van der Waals surface area contributed by atoms with Gasteiger partial charge >= 0.3 is 6.18 Å². The van der Waals surface area contributed by atoms with Crippen molar-refractivity contribution in [2.75, 3.05) is 0 Å². The lowest BCUT2D eigenvalue weighted by Crippen LogP contribution is -2.26. The van der Waals surface area contributed by atoms with Gasteiger partial charge in [-0.25, -0.2) is 4.98 Å². The average molecular weight is 343 g/mol. The van der Waals surface area contributed by atoms with Gasteiger partial charge in [-0.05, 0) is 38.5 Å². The van der Waals surface area contributed by atoms with Crippen molar-refractivity contribution < 1.29 is 13.2 Å².